The predicted octanol–water partition coefficient (Wildman–Crippen LogP) is 10.8. The van der Waals surface area contributed by atoms with Gasteiger partial charge < -0.3 is 33.5 Å². The number of aliphatic hydroxyl groups is 1. The number of unbranched alkanes of at least 4 members (excludes halogenated alkanes) is 14. The van der Waals surface area contributed by atoms with Crippen molar-refractivity contribution in [1.29, 1.82) is 0 Å². The summed E-state index contributed by atoms with van der Waals surface area (Å²) >= 11 is 0. The fourth-order valence-electron chi connectivity index (χ4n) is 11.1. The molecular weight excluding hydrogens is 773 g/mol. The first-order valence-electron chi connectivity index (χ1n) is 24.3. The van der Waals surface area contributed by atoms with Crippen molar-refractivity contribution in [2.75, 3.05) is 19.8 Å². The topological polar surface area (TPSA) is 127 Å². The molecule has 1 aromatic carbocycles. The van der Waals surface area contributed by atoms with Crippen molar-refractivity contribution in [3.8, 4) is 0 Å². The number of Topliss-reactive ketones (excluding diaryl/α,β-unsaturated/α-hetero) is 1. The zero-order chi connectivity index (χ0) is 43.4. The molecule has 1 N–H and O–H groups in total. The van der Waals surface area contributed by atoms with Crippen molar-refractivity contribution in [2.45, 2.75) is 206 Å². The van der Waals surface area contributed by atoms with Gasteiger partial charge >= 0.3 is 12.1 Å². The van der Waals surface area contributed by atoms with Crippen LogP contribution in [0.1, 0.15) is 169 Å². The molecule has 2 heterocycles. The Balaban J connectivity index is 0.946. The maximum atomic E-state index is 14.2. The van der Waals surface area contributed by atoms with Crippen LogP contribution in [0.5, 0.6) is 0 Å². The summed E-state index contributed by atoms with van der Waals surface area (Å²) in [4.78, 5) is 41.4. The maximum absolute atomic E-state index is 14.2. The SMILES string of the molecule is CCCCCCCCCCCCCCCCCC1OCC(COC(=O)OC(Cc2ccccc2)C(=O)O[C@H]2CC3CC4C5COC5CC(O)C4(C)C(=O)CC(=C2C)C3(C)C)O1. The summed E-state index contributed by atoms with van der Waals surface area (Å²) in [6.07, 6.45) is 18.4. The molecule has 342 valence electrons. The molecular formula is C51H78O10. The molecule has 0 amide bonds. The molecule has 1 aromatic rings. The monoisotopic (exact) mass is 851 g/mol. The Hall–Kier alpha value is -2.79. The molecule has 0 spiro atoms. The van der Waals surface area contributed by atoms with Gasteiger partial charge in [0.05, 0.1) is 30.8 Å². The Morgan fingerprint density at radius 3 is 2.10 bits per heavy atom. The summed E-state index contributed by atoms with van der Waals surface area (Å²) in [6, 6.07) is 9.40. The van der Waals surface area contributed by atoms with E-state index in [-0.39, 0.29) is 60.8 Å². The summed E-state index contributed by atoms with van der Waals surface area (Å²) in [7, 11) is 0. The Bertz CT molecular complexity index is 1590. The molecule has 10 heteroatoms. The van der Waals surface area contributed by atoms with Crippen molar-refractivity contribution in [3.63, 3.8) is 0 Å². The third-order valence-corrected chi connectivity index (χ3v) is 15.4. The maximum Gasteiger partial charge on any atom is 0.509 e. The highest BCUT2D eigenvalue weighted by molar-refractivity contribution is 5.88. The highest BCUT2D eigenvalue weighted by Gasteiger charge is 2.61. The van der Waals surface area contributed by atoms with E-state index >= 15 is 0 Å². The number of fused-ring (bicyclic) bond motifs is 5. The third kappa shape index (κ3) is 12.3. The molecule has 0 aromatic heterocycles. The lowest BCUT2D eigenvalue weighted by molar-refractivity contribution is -0.228. The third-order valence-electron chi connectivity index (χ3n) is 15.4. The second-order valence-electron chi connectivity index (χ2n) is 19.9. The number of carbonyl (C=O) groups excluding carboxylic acids is 3. The summed E-state index contributed by atoms with van der Waals surface area (Å²) in [5.74, 6) is -0.304. The number of benzene rings is 1. The molecule has 2 aliphatic heterocycles. The predicted molar refractivity (Wildman–Crippen MR) is 235 cm³/mol. The Morgan fingerprint density at radius 2 is 1.48 bits per heavy atom. The van der Waals surface area contributed by atoms with Crippen LogP contribution in [0.15, 0.2) is 41.5 Å². The summed E-state index contributed by atoms with van der Waals surface area (Å²) in [6.45, 7) is 11.5. The van der Waals surface area contributed by atoms with Crippen LogP contribution in [-0.4, -0.2) is 79.6 Å². The van der Waals surface area contributed by atoms with Gasteiger partial charge in [0.2, 0.25) is 6.10 Å². The molecule has 2 saturated heterocycles. The van der Waals surface area contributed by atoms with Crippen LogP contribution in [0.2, 0.25) is 0 Å². The van der Waals surface area contributed by atoms with Crippen molar-refractivity contribution in [2.24, 2.45) is 28.6 Å². The zero-order valence-corrected chi connectivity index (χ0v) is 38.2. The van der Waals surface area contributed by atoms with E-state index in [4.69, 9.17) is 28.4 Å². The fraction of sp³-hybridized carbons (Fsp3) is 0.784. The van der Waals surface area contributed by atoms with Crippen molar-refractivity contribution in [1.82, 2.24) is 0 Å². The molecule has 3 aliphatic carbocycles. The average Bonchev–Trinajstić information content (AvgIpc) is 3.69. The lowest BCUT2D eigenvalue weighted by Gasteiger charge is -2.59. The normalized spacial score (nSPS) is 31.0. The van der Waals surface area contributed by atoms with Gasteiger partial charge in [0.15, 0.2) is 6.29 Å². The molecule has 5 aliphatic rings. The summed E-state index contributed by atoms with van der Waals surface area (Å²) in [5, 5.41) is 11.3. The van der Waals surface area contributed by atoms with Crippen LogP contribution < -0.4 is 0 Å². The van der Waals surface area contributed by atoms with E-state index in [0.29, 0.717) is 26.1 Å². The zero-order valence-electron chi connectivity index (χ0n) is 38.2. The van der Waals surface area contributed by atoms with Gasteiger partial charge in [0, 0.05) is 25.2 Å². The van der Waals surface area contributed by atoms with Gasteiger partial charge in [-0.15, -0.1) is 0 Å². The van der Waals surface area contributed by atoms with Gasteiger partial charge in [0.1, 0.15) is 24.6 Å². The van der Waals surface area contributed by atoms with Gasteiger partial charge in [-0.2, -0.15) is 0 Å². The number of hydrogen-bond donors (Lipinski definition) is 1. The van der Waals surface area contributed by atoms with Crippen LogP contribution in [-0.2, 0) is 44.4 Å². The van der Waals surface area contributed by atoms with Crippen molar-refractivity contribution >= 4 is 17.9 Å². The fourth-order valence-corrected chi connectivity index (χ4v) is 11.1. The van der Waals surface area contributed by atoms with Gasteiger partial charge in [-0.3, -0.25) is 4.79 Å². The number of hydrogen-bond acceptors (Lipinski definition) is 10. The number of ketones is 1. The first kappa shape index (κ1) is 47.7. The Morgan fingerprint density at radius 1 is 0.836 bits per heavy atom. The van der Waals surface area contributed by atoms with Crippen LogP contribution in [0.4, 0.5) is 4.79 Å². The van der Waals surface area contributed by atoms with Gasteiger partial charge in [-0.1, -0.05) is 147 Å². The van der Waals surface area contributed by atoms with E-state index in [1.807, 2.05) is 44.2 Å². The lowest BCUT2D eigenvalue weighted by atomic mass is 9.49. The van der Waals surface area contributed by atoms with E-state index in [2.05, 4.69) is 20.8 Å². The highest BCUT2D eigenvalue weighted by atomic mass is 16.8. The number of esters is 1. The second kappa shape index (κ2) is 22.7. The first-order valence-corrected chi connectivity index (χ1v) is 24.3. The van der Waals surface area contributed by atoms with E-state index in [1.54, 1.807) is 0 Å². The highest BCUT2D eigenvalue weighted by Crippen LogP contribution is 2.59. The summed E-state index contributed by atoms with van der Waals surface area (Å²) < 4.78 is 35.2. The van der Waals surface area contributed by atoms with E-state index in [9.17, 15) is 19.5 Å². The number of aliphatic hydroxyl groups excluding tert-OH is 1. The molecule has 10 atom stereocenters. The van der Waals surface area contributed by atoms with Crippen LogP contribution in [0, 0.1) is 28.6 Å². The van der Waals surface area contributed by atoms with E-state index < -0.39 is 42.0 Å². The molecule has 2 saturated carbocycles. The van der Waals surface area contributed by atoms with Crippen molar-refractivity contribution in [3.05, 3.63) is 47.0 Å². The quantitative estimate of drug-likeness (QED) is 0.0646. The van der Waals surface area contributed by atoms with Crippen molar-refractivity contribution < 1.29 is 47.9 Å². The number of ether oxygens (including phenoxy) is 6. The minimum absolute atomic E-state index is 0.0223. The summed E-state index contributed by atoms with van der Waals surface area (Å²) in [5.41, 5.74) is 1.51. The van der Waals surface area contributed by atoms with Crippen LogP contribution in [0.3, 0.4) is 0 Å². The molecule has 10 nitrogen and oxygen atoms in total. The largest absolute Gasteiger partial charge is 0.509 e. The minimum Gasteiger partial charge on any atom is -0.455 e. The standard InChI is InChI=1S/C51H78O10/c1-6-7-8-9-10-11-12-13-14-15-16-17-18-19-23-26-47-57-32-38(59-47)33-58-49(55)61-44(27-36-24-21-20-22-25-36)48(54)60-42-29-37-28-41-39-34-56-43(39)31-46(53)51(41,5)45(52)30-40(35(42)2)50(37,3)4/h20-22,24-25,37-39,41-44,46-47,53H,6-19,23,26-34H2,1-5H3/t37?,38?,39?,41?,42-,43?,44?,46?,47?,51?/m0/s1. The van der Waals surface area contributed by atoms with Gasteiger partial charge in [-0.25, -0.2) is 9.59 Å². The average molecular weight is 851 g/mol. The number of rotatable bonds is 23. The molecule has 6 rings (SSSR count). The Labute approximate surface area is 366 Å². The molecule has 4 fully saturated rings. The van der Waals surface area contributed by atoms with E-state index in [0.717, 1.165) is 42.4 Å². The van der Waals surface area contributed by atoms with Crippen LogP contribution >= 0.6 is 0 Å². The number of carbonyl (C=O) groups is 3. The molecule has 61 heavy (non-hydrogen) atoms. The molecule has 0 radical (unpaired) electrons. The first-order chi connectivity index (χ1) is 29.4. The van der Waals surface area contributed by atoms with Gasteiger partial charge in [0.25, 0.3) is 0 Å². The molecule has 9 unspecified atom stereocenters. The smallest absolute Gasteiger partial charge is 0.455 e. The van der Waals surface area contributed by atoms with E-state index in [1.165, 1.54) is 83.5 Å². The van der Waals surface area contributed by atoms with Crippen LogP contribution in [0.25, 0.3) is 0 Å². The number of allylic oxidation sites excluding steroid dienone is 1. The lowest BCUT2D eigenvalue weighted by Crippen LogP contribution is -2.63. The second-order valence-corrected chi connectivity index (χ2v) is 19.9. The molecule has 2 bridgehead atoms. The van der Waals surface area contributed by atoms with Gasteiger partial charge in [-0.05, 0) is 67.9 Å². The Kier molecular flexibility index (Phi) is 17.8. The minimum atomic E-state index is -1.24.